The molecule has 2 aliphatic rings. The fourth-order valence-corrected chi connectivity index (χ4v) is 3.58. The van der Waals surface area contributed by atoms with Crippen molar-refractivity contribution in [2.75, 3.05) is 0 Å². The number of aromatic nitrogens is 1. The van der Waals surface area contributed by atoms with Crippen molar-refractivity contribution in [3.05, 3.63) is 63.1 Å². The van der Waals surface area contributed by atoms with E-state index in [-0.39, 0.29) is 30.0 Å². The number of carbonyl (C=O) groups excluding carboxylic acids is 1. The van der Waals surface area contributed by atoms with Crippen molar-refractivity contribution >= 4 is 12.0 Å². The molecule has 0 fully saturated rings. The highest BCUT2D eigenvalue weighted by Crippen LogP contribution is 2.42. The van der Waals surface area contributed by atoms with E-state index in [1.165, 1.54) is 0 Å². The highest BCUT2D eigenvalue weighted by atomic mass is 16.5. The number of hydrogen-bond acceptors (Lipinski definition) is 4. The number of benzene rings is 1. The summed E-state index contributed by atoms with van der Waals surface area (Å²) >= 11 is 0. The summed E-state index contributed by atoms with van der Waals surface area (Å²) in [6, 6.07) is 9.51. The average molecular weight is 337 g/mol. The molecule has 0 spiro atoms. The molecule has 0 radical (unpaired) electrons. The van der Waals surface area contributed by atoms with Gasteiger partial charge >= 0.3 is 5.97 Å². The predicted octanol–water partition coefficient (Wildman–Crippen LogP) is 2.95. The van der Waals surface area contributed by atoms with Crippen molar-refractivity contribution in [1.29, 1.82) is 0 Å². The van der Waals surface area contributed by atoms with Crippen molar-refractivity contribution in [3.63, 3.8) is 0 Å². The molecule has 25 heavy (non-hydrogen) atoms. The van der Waals surface area contributed by atoms with E-state index in [0.29, 0.717) is 11.3 Å². The lowest BCUT2D eigenvalue weighted by Crippen LogP contribution is -2.35. The molecule has 4 rings (SSSR count). The van der Waals surface area contributed by atoms with Gasteiger partial charge in [-0.05, 0) is 31.6 Å². The fraction of sp³-hybridized carbons (Fsp3) is 0.300. The van der Waals surface area contributed by atoms with Gasteiger partial charge in [0.05, 0.1) is 12.0 Å². The molecule has 0 aliphatic carbocycles. The third kappa shape index (κ3) is 2.47. The second kappa shape index (κ2) is 5.62. The monoisotopic (exact) mass is 337 g/mol. The number of carbonyl (C=O) groups is 1. The highest BCUT2D eigenvalue weighted by molar-refractivity contribution is 5.79. The Bertz CT molecular complexity index is 970. The van der Waals surface area contributed by atoms with Crippen LogP contribution in [0.3, 0.4) is 0 Å². The van der Waals surface area contributed by atoms with Gasteiger partial charge in [0.15, 0.2) is 0 Å². The number of esters is 1. The van der Waals surface area contributed by atoms with Gasteiger partial charge in [0.2, 0.25) is 0 Å². The zero-order valence-corrected chi connectivity index (χ0v) is 14.4. The number of rotatable bonds is 1. The van der Waals surface area contributed by atoms with E-state index in [2.05, 4.69) is 0 Å². The van der Waals surface area contributed by atoms with Gasteiger partial charge in [-0.25, -0.2) is 0 Å². The maximum absolute atomic E-state index is 12.8. The van der Waals surface area contributed by atoms with Gasteiger partial charge in [-0.3, -0.25) is 9.59 Å². The second-order valence-electron chi connectivity index (χ2n) is 6.60. The lowest BCUT2D eigenvalue weighted by atomic mass is 9.82. The number of ether oxygens (including phenoxy) is 2. The summed E-state index contributed by atoms with van der Waals surface area (Å²) in [4.78, 5) is 25.0. The van der Waals surface area contributed by atoms with Gasteiger partial charge < -0.3 is 14.0 Å². The lowest BCUT2D eigenvalue weighted by Gasteiger charge is -2.32. The van der Waals surface area contributed by atoms with E-state index < -0.39 is 0 Å². The van der Waals surface area contributed by atoms with Crippen LogP contribution in [0.4, 0.5) is 0 Å². The van der Waals surface area contributed by atoms with Crippen LogP contribution in [0.2, 0.25) is 0 Å². The minimum absolute atomic E-state index is 0.126. The van der Waals surface area contributed by atoms with Crippen molar-refractivity contribution in [1.82, 2.24) is 4.57 Å². The molecule has 5 nitrogen and oxygen atoms in total. The molecule has 0 N–H and O–H groups in total. The maximum atomic E-state index is 12.8. The predicted molar refractivity (Wildman–Crippen MR) is 93.9 cm³/mol. The Balaban J connectivity index is 1.91. The van der Waals surface area contributed by atoms with Crippen LogP contribution >= 0.6 is 0 Å². The second-order valence-corrected chi connectivity index (χ2v) is 6.60. The van der Waals surface area contributed by atoms with Gasteiger partial charge in [0, 0.05) is 30.3 Å². The van der Waals surface area contributed by atoms with Gasteiger partial charge in [-0.15, -0.1) is 0 Å². The first-order valence-electron chi connectivity index (χ1n) is 8.34. The number of aryl methyl sites for hydroxylation is 1. The minimum Gasteiger partial charge on any atom is -0.486 e. The zero-order valence-electron chi connectivity index (χ0n) is 14.4. The lowest BCUT2D eigenvalue weighted by molar-refractivity contribution is -0.135. The van der Waals surface area contributed by atoms with Crippen molar-refractivity contribution in [2.45, 2.75) is 32.3 Å². The summed E-state index contributed by atoms with van der Waals surface area (Å²) in [6.07, 6.45) is 1.97. The normalized spacial score (nSPS) is 21.6. The number of hydrogen-bond donors (Lipinski definition) is 0. The van der Waals surface area contributed by atoms with Crippen LogP contribution in [-0.2, 0) is 11.8 Å². The van der Waals surface area contributed by atoms with Crippen LogP contribution in [0.1, 0.15) is 36.1 Å². The Morgan fingerprint density at radius 2 is 1.92 bits per heavy atom. The maximum Gasteiger partial charge on any atom is 0.312 e. The molecule has 128 valence electrons. The van der Waals surface area contributed by atoms with Crippen LogP contribution < -0.4 is 15.0 Å². The van der Waals surface area contributed by atoms with E-state index >= 15 is 0 Å². The number of nitrogens with zero attached hydrogens (tertiary/aromatic N) is 1. The van der Waals surface area contributed by atoms with E-state index in [4.69, 9.17) is 9.47 Å². The van der Waals surface area contributed by atoms with Gasteiger partial charge in [0.25, 0.3) is 5.56 Å². The molecular weight excluding hydrogens is 318 g/mol. The van der Waals surface area contributed by atoms with E-state index in [1.807, 2.05) is 44.2 Å². The van der Waals surface area contributed by atoms with Gasteiger partial charge in [-0.1, -0.05) is 18.2 Å². The molecule has 5 heteroatoms. The highest BCUT2D eigenvalue weighted by Gasteiger charge is 2.36. The third-order valence-corrected chi connectivity index (χ3v) is 5.03. The zero-order chi connectivity index (χ0) is 17.7. The standard InChI is InChI=1S/C20H19NO4/c1-11-8-17-19(20(23)21(11)3)15(10-18(22)25-17)14-9-13-6-4-5-7-16(13)24-12(14)2/h4-9,12,15H,10H2,1-3H3. The Morgan fingerprint density at radius 1 is 1.16 bits per heavy atom. The summed E-state index contributed by atoms with van der Waals surface area (Å²) in [5, 5.41) is 0. The minimum atomic E-state index is -0.334. The Morgan fingerprint density at radius 3 is 2.72 bits per heavy atom. The van der Waals surface area contributed by atoms with Crippen molar-refractivity contribution < 1.29 is 14.3 Å². The summed E-state index contributed by atoms with van der Waals surface area (Å²) in [5.74, 6) is 0.527. The molecule has 1 aromatic carbocycles. The summed E-state index contributed by atoms with van der Waals surface area (Å²) < 4.78 is 13.0. The number of para-hydroxylation sites is 1. The van der Waals surface area contributed by atoms with Crippen LogP contribution in [0, 0.1) is 6.92 Å². The molecule has 1 aromatic heterocycles. The quantitative estimate of drug-likeness (QED) is 0.751. The molecule has 2 atom stereocenters. The largest absolute Gasteiger partial charge is 0.486 e. The van der Waals surface area contributed by atoms with Gasteiger partial charge in [0.1, 0.15) is 17.6 Å². The number of fused-ring (bicyclic) bond motifs is 2. The van der Waals surface area contributed by atoms with Crippen LogP contribution in [0.25, 0.3) is 6.08 Å². The summed E-state index contributed by atoms with van der Waals surface area (Å²) in [5.41, 5.74) is 3.05. The van der Waals surface area contributed by atoms with Crippen LogP contribution in [0.5, 0.6) is 11.5 Å². The third-order valence-electron chi connectivity index (χ3n) is 5.03. The van der Waals surface area contributed by atoms with E-state index in [0.717, 1.165) is 22.6 Å². The molecule has 2 aromatic rings. The van der Waals surface area contributed by atoms with Gasteiger partial charge in [-0.2, -0.15) is 0 Å². The van der Waals surface area contributed by atoms with E-state index in [9.17, 15) is 9.59 Å². The smallest absolute Gasteiger partial charge is 0.312 e. The molecular formula is C20H19NO4. The summed E-state index contributed by atoms with van der Waals surface area (Å²) in [6.45, 7) is 3.76. The SMILES string of the molecule is Cc1cc2c(c(=O)n1C)C(C1=Cc3ccccc3OC1C)CC(=O)O2. The molecule has 0 amide bonds. The summed E-state index contributed by atoms with van der Waals surface area (Å²) in [7, 11) is 1.73. The number of pyridine rings is 1. The van der Waals surface area contributed by atoms with Crippen LogP contribution in [-0.4, -0.2) is 16.6 Å². The molecule has 2 unspecified atom stereocenters. The Hall–Kier alpha value is -2.82. The molecule has 2 aliphatic heterocycles. The van der Waals surface area contributed by atoms with Crippen LogP contribution in [0.15, 0.2) is 40.7 Å². The fourth-order valence-electron chi connectivity index (χ4n) is 3.58. The van der Waals surface area contributed by atoms with E-state index in [1.54, 1.807) is 17.7 Å². The molecule has 0 saturated carbocycles. The molecule has 0 saturated heterocycles. The first-order valence-corrected chi connectivity index (χ1v) is 8.34. The Labute approximate surface area is 145 Å². The molecule has 3 heterocycles. The topological polar surface area (TPSA) is 57.5 Å². The molecule has 0 bridgehead atoms. The first kappa shape index (κ1) is 15.7. The Kier molecular flexibility index (Phi) is 3.53. The van der Waals surface area contributed by atoms with Crippen molar-refractivity contribution in [3.8, 4) is 11.5 Å². The average Bonchev–Trinajstić information content (AvgIpc) is 2.58. The first-order chi connectivity index (χ1) is 12.0. The van der Waals surface area contributed by atoms with Crippen molar-refractivity contribution in [2.24, 2.45) is 7.05 Å².